The molecular formula is C47H57N11O7. The summed E-state index contributed by atoms with van der Waals surface area (Å²) in [6.45, 7) is 5.23. The van der Waals surface area contributed by atoms with E-state index in [1.54, 1.807) is 50.2 Å². The third-order valence-corrected chi connectivity index (χ3v) is 11.3. The summed E-state index contributed by atoms with van der Waals surface area (Å²) in [6, 6.07) is 15.2. The summed E-state index contributed by atoms with van der Waals surface area (Å²) < 4.78 is 12.2. The second-order valence-electron chi connectivity index (χ2n) is 16.2. The van der Waals surface area contributed by atoms with Crippen LogP contribution in [0.25, 0.3) is 22.5 Å². The zero-order valence-electron chi connectivity index (χ0n) is 37.1. The number of rotatable bonds is 16. The average molecular weight is 888 g/mol. The summed E-state index contributed by atoms with van der Waals surface area (Å²) in [5.41, 5.74) is 22.7. The third-order valence-electron chi connectivity index (χ3n) is 11.3. The van der Waals surface area contributed by atoms with Gasteiger partial charge in [0.2, 0.25) is 23.6 Å². The fourth-order valence-corrected chi connectivity index (χ4v) is 7.86. The number of hydrogen-bond donors (Lipinski definition) is 7. The first-order valence-corrected chi connectivity index (χ1v) is 21.7. The van der Waals surface area contributed by atoms with E-state index in [0.29, 0.717) is 56.9 Å². The zero-order valence-corrected chi connectivity index (χ0v) is 37.1. The summed E-state index contributed by atoms with van der Waals surface area (Å²) in [5, 5.41) is 19.9. The summed E-state index contributed by atoms with van der Waals surface area (Å²) in [7, 11) is 1.42. The van der Waals surface area contributed by atoms with Crippen molar-refractivity contribution in [3.8, 4) is 40.1 Å². The molecule has 2 aliphatic rings. The van der Waals surface area contributed by atoms with Crippen LogP contribution in [0.2, 0.25) is 0 Å². The summed E-state index contributed by atoms with van der Waals surface area (Å²) in [5.74, 6) is -1.48. The molecule has 4 aromatic rings. The van der Waals surface area contributed by atoms with Crippen LogP contribution in [0.3, 0.4) is 0 Å². The highest BCUT2D eigenvalue weighted by atomic mass is 16.5. The molecule has 0 radical (unpaired) electrons. The van der Waals surface area contributed by atoms with E-state index in [1.165, 1.54) is 37.3 Å². The molecule has 10 N–H and O–H groups in total. The van der Waals surface area contributed by atoms with Crippen molar-refractivity contribution >= 4 is 29.5 Å². The quantitative estimate of drug-likeness (QED) is 0.0792. The van der Waals surface area contributed by atoms with Crippen molar-refractivity contribution in [2.45, 2.75) is 76.5 Å². The Labute approximate surface area is 378 Å². The molecule has 18 heteroatoms. The lowest BCUT2D eigenvalue weighted by Crippen LogP contribution is -2.56. The molecule has 1 saturated carbocycles. The number of amides is 5. The van der Waals surface area contributed by atoms with Crippen molar-refractivity contribution in [1.82, 2.24) is 36.1 Å². The SMILES string of the molecule is Cc1nc(-c2ccc(C3CC3)cc2)nc(C)c1C(=O)NC(CCN)C(=O)N(C)[C@@H]1C(=O)N[C@@H](C)C(=O)N[C@H](C(=O)NCC#N)Cc2ccc(OCCN)c(c2)-c2cc1ccc2OCCN. The standard InChI is InChI=1S/C47H57N11O7/c1-26-40(27(2)54-42(53-26)32-10-8-31(9-11-32)30-6-7-30)45(61)56-36(15-16-48)47(63)58(4)41-33-12-14-39(65-22-19-51)35(25-33)34-23-29(5-13-38(34)64-21-18-50)24-37(44(60)52-20-17-49)57-43(59)28(3)55-46(41)62/h5,8-14,23,25,28,30,36-37,41H,6-7,15-16,18-22,24,48,50-51H2,1-4H3,(H,52,60)(H,55,62)(H,56,61)(H,57,59)/t28-,36?,37-,41-/m0/s1. The van der Waals surface area contributed by atoms with Gasteiger partial charge in [-0.25, -0.2) is 9.97 Å². The molecule has 1 aromatic heterocycles. The van der Waals surface area contributed by atoms with Gasteiger partial charge < -0.3 is 52.8 Å². The van der Waals surface area contributed by atoms with E-state index in [0.717, 1.165) is 5.56 Å². The van der Waals surface area contributed by atoms with Gasteiger partial charge in [0.05, 0.1) is 23.0 Å². The Bertz CT molecular complexity index is 2430. The molecule has 0 saturated heterocycles. The van der Waals surface area contributed by atoms with Crippen molar-refractivity contribution in [2.24, 2.45) is 17.2 Å². The van der Waals surface area contributed by atoms with E-state index in [4.69, 9.17) is 31.9 Å². The highest BCUT2D eigenvalue weighted by Gasteiger charge is 2.36. The molecule has 2 heterocycles. The number of nitrogens with one attached hydrogen (secondary N) is 4. The highest BCUT2D eigenvalue weighted by molar-refractivity contribution is 6.00. The van der Waals surface area contributed by atoms with Crippen molar-refractivity contribution in [1.29, 1.82) is 5.26 Å². The van der Waals surface area contributed by atoms with Crippen LogP contribution >= 0.6 is 0 Å². The fraction of sp³-hybridized carbons (Fsp3) is 0.404. The molecule has 1 aliphatic heterocycles. The van der Waals surface area contributed by atoms with Gasteiger partial charge in [-0.3, -0.25) is 24.0 Å². The largest absolute Gasteiger partial charge is 0.492 e. The fourth-order valence-electron chi connectivity index (χ4n) is 7.86. The maximum absolute atomic E-state index is 14.7. The Morgan fingerprint density at radius 1 is 0.862 bits per heavy atom. The zero-order chi connectivity index (χ0) is 46.8. The second-order valence-corrected chi connectivity index (χ2v) is 16.2. The molecule has 5 amide bonds. The molecule has 3 aromatic carbocycles. The number of carbonyl (C=O) groups excluding carboxylic acids is 5. The minimum atomic E-state index is -1.40. The first kappa shape index (κ1) is 47.5. The van der Waals surface area contributed by atoms with Gasteiger partial charge >= 0.3 is 0 Å². The van der Waals surface area contributed by atoms with E-state index in [9.17, 15) is 24.0 Å². The van der Waals surface area contributed by atoms with Gasteiger partial charge in [-0.05, 0) is 93.5 Å². The van der Waals surface area contributed by atoms with Crippen LogP contribution in [-0.2, 0) is 25.6 Å². The first-order chi connectivity index (χ1) is 31.3. The molecule has 1 unspecified atom stereocenters. The molecule has 342 valence electrons. The highest BCUT2D eigenvalue weighted by Crippen LogP contribution is 2.41. The second kappa shape index (κ2) is 21.6. The molecule has 4 bridgehead atoms. The molecular weight excluding hydrogens is 831 g/mol. The number of hydrogen-bond acceptors (Lipinski definition) is 13. The predicted molar refractivity (Wildman–Crippen MR) is 242 cm³/mol. The van der Waals surface area contributed by atoms with Crippen LogP contribution < -0.4 is 47.9 Å². The number of carbonyl (C=O) groups is 5. The number of nitriles is 1. The Kier molecular flexibility index (Phi) is 15.8. The van der Waals surface area contributed by atoms with Crippen LogP contribution in [0.15, 0.2) is 60.7 Å². The number of fused-ring (bicyclic) bond motifs is 5. The van der Waals surface area contributed by atoms with Crippen LogP contribution in [0.5, 0.6) is 11.5 Å². The average Bonchev–Trinajstić information content (AvgIpc) is 4.15. The lowest BCUT2D eigenvalue weighted by atomic mass is 9.93. The van der Waals surface area contributed by atoms with Crippen LogP contribution in [-0.4, -0.2) is 109 Å². The van der Waals surface area contributed by atoms with Crippen LogP contribution in [0.4, 0.5) is 0 Å². The molecule has 65 heavy (non-hydrogen) atoms. The Balaban J connectivity index is 1.38. The number of aryl methyl sites for hydroxylation is 2. The number of nitrogens with zero attached hydrogens (tertiary/aromatic N) is 4. The minimum absolute atomic E-state index is 0.00406. The summed E-state index contributed by atoms with van der Waals surface area (Å²) >= 11 is 0. The lowest BCUT2D eigenvalue weighted by molar-refractivity contribution is -0.141. The maximum Gasteiger partial charge on any atom is 0.255 e. The van der Waals surface area contributed by atoms with E-state index >= 15 is 0 Å². The number of likely N-dealkylation sites (N-methyl/N-ethyl adjacent to an activating group) is 1. The molecule has 4 atom stereocenters. The monoisotopic (exact) mass is 887 g/mol. The van der Waals surface area contributed by atoms with Crippen molar-refractivity contribution in [2.75, 3.05) is 46.4 Å². The lowest BCUT2D eigenvalue weighted by Gasteiger charge is -2.32. The van der Waals surface area contributed by atoms with Gasteiger partial charge in [-0.1, -0.05) is 36.4 Å². The number of benzene rings is 3. The molecule has 1 fully saturated rings. The molecule has 1 aliphatic carbocycles. The topological polar surface area (TPSA) is 283 Å². The smallest absolute Gasteiger partial charge is 0.255 e. The number of ether oxygens (including phenoxy) is 2. The van der Waals surface area contributed by atoms with Crippen molar-refractivity contribution in [3.05, 3.63) is 94.3 Å². The van der Waals surface area contributed by atoms with Gasteiger partial charge in [-0.2, -0.15) is 5.26 Å². The Morgan fingerprint density at radius 3 is 2.08 bits per heavy atom. The van der Waals surface area contributed by atoms with E-state index in [1.807, 2.05) is 18.2 Å². The predicted octanol–water partition coefficient (Wildman–Crippen LogP) is 1.81. The van der Waals surface area contributed by atoms with E-state index in [2.05, 4.69) is 43.4 Å². The number of aromatic nitrogens is 2. The Hall–Kier alpha value is -6.94. The Morgan fingerprint density at radius 2 is 1.48 bits per heavy atom. The molecule has 6 rings (SSSR count). The number of nitrogens with two attached hydrogens (primary N) is 3. The van der Waals surface area contributed by atoms with Crippen molar-refractivity contribution in [3.63, 3.8) is 0 Å². The van der Waals surface area contributed by atoms with Crippen LogP contribution in [0, 0.1) is 25.2 Å². The normalized spacial score (nSPS) is 17.6. The molecule has 0 spiro atoms. The first-order valence-electron chi connectivity index (χ1n) is 21.7. The van der Waals surface area contributed by atoms with Gasteiger partial charge in [0.1, 0.15) is 55.4 Å². The maximum atomic E-state index is 14.7. The van der Waals surface area contributed by atoms with Crippen molar-refractivity contribution < 1.29 is 33.4 Å². The minimum Gasteiger partial charge on any atom is -0.492 e. The van der Waals surface area contributed by atoms with Gasteiger partial charge in [-0.15, -0.1) is 0 Å². The van der Waals surface area contributed by atoms with Gasteiger partial charge in [0.25, 0.3) is 5.91 Å². The third kappa shape index (κ3) is 11.4. The molecule has 18 nitrogen and oxygen atoms in total. The van der Waals surface area contributed by atoms with Crippen LogP contribution in [0.1, 0.15) is 76.6 Å². The summed E-state index contributed by atoms with van der Waals surface area (Å²) in [6.07, 6.45) is 2.38. The van der Waals surface area contributed by atoms with Gasteiger partial charge in [0, 0.05) is 43.2 Å². The van der Waals surface area contributed by atoms with E-state index < -0.39 is 53.7 Å². The van der Waals surface area contributed by atoms with E-state index in [-0.39, 0.29) is 57.8 Å². The summed E-state index contributed by atoms with van der Waals surface area (Å²) in [4.78, 5) is 81.0. The van der Waals surface area contributed by atoms with Gasteiger partial charge in [0.15, 0.2) is 5.82 Å².